The van der Waals surface area contributed by atoms with E-state index in [1.807, 2.05) is 48.5 Å². The van der Waals surface area contributed by atoms with E-state index in [0.29, 0.717) is 5.39 Å². The van der Waals surface area contributed by atoms with Gasteiger partial charge in [0.15, 0.2) is 0 Å². The molecule has 0 aliphatic heterocycles. The molecule has 0 saturated carbocycles. The molecular formula is C19H15N3O2S. The molecule has 25 heavy (non-hydrogen) atoms. The summed E-state index contributed by atoms with van der Waals surface area (Å²) in [5.74, 6) is 0. The molecule has 0 fully saturated rings. The van der Waals surface area contributed by atoms with Gasteiger partial charge in [0.25, 0.3) is 5.56 Å². The van der Waals surface area contributed by atoms with Crippen molar-refractivity contribution in [2.24, 2.45) is 0 Å². The summed E-state index contributed by atoms with van der Waals surface area (Å²) >= 11 is 1.58. The fraction of sp³-hybridized carbons (Fsp3) is 0.105. The van der Waals surface area contributed by atoms with Crippen LogP contribution >= 0.6 is 11.3 Å². The van der Waals surface area contributed by atoms with Crippen molar-refractivity contribution in [3.63, 3.8) is 0 Å². The van der Waals surface area contributed by atoms with E-state index in [2.05, 4.69) is 10.1 Å². The van der Waals surface area contributed by atoms with Gasteiger partial charge in [-0.05, 0) is 30.3 Å². The molecule has 0 aliphatic carbocycles. The van der Waals surface area contributed by atoms with Crippen LogP contribution in [-0.2, 0) is 6.54 Å². The van der Waals surface area contributed by atoms with E-state index in [1.54, 1.807) is 23.6 Å². The van der Waals surface area contributed by atoms with Gasteiger partial charge in [-0.2, -0.15) is 5.10 Å². The molecule has 3 heterocycles. The first-order valence-corrected chi connectivity index (χ1v) is 8.72. The Balaban J connectivity index is 1.91. The van der Waals surface area contributed by atoms with Gasteiger partial charge in [0.2, 0.25) is 0 Å². The topological polar surface area (TPSA) is 68.0 Å². The van der Waals surface area contributed by atoms with Gasteiger partial charge in [0, 0.05) is 11.6 Å². The predicted molar refractivity (Wildman–Crippen MR) is 99.6 cm³/mol. The van der Waals surface area contributed by atoms with Gasteiger partial charge in [0.05, 0.1) is 34.0 Å². The maximum atomic E-state index is 12.5. The Morgan fingerprint density at radius 2 is 1.72 bits per heavy atom. The lowest BCUT2D eigenvalue weighted by atomic mass is 10.1. The maximum Gasteiger partial charge on any atom is 0.274 e. The van der Waals surface area contributed by atoms with Crippen LogP contribution in [0.15, 0.2) is 65.6 Å². The second-order valence-electron chi connectivity index (χ2n) is 5.52. The molecule has 0 spiro atoms. The molecule has 1 aromatic carbocycles. The second-order valence-corrected chi connectivity index (χ2v) is 6.61. The van der Waals surface area contributed by atoms with Crippen LogP contribution in [0.3, 0.4) is 0 Å². The summed E-state index contributed by atoms with van der Waals surface area (Å²) in [6.07, 6.45) is 1.77. The fourth-order valence-corrected chi connectivity index (χ4v) is 3.76. The molecule has 0 unspecified atom stereocenters. The molecule has 1 N–H and O–H groups in total. The second kappa shape index (κ2) is 6.58. The van der Waals surface area contributed by atoms with Gasteiger partial charge in [-0.3, -0.25) is 9.78 Å². The first kappa shape index (κ1) is 15.7. The van der Waals surface area contributed by atoms with E-state index < -0.39 is 0 Å². The van der Waals surface area contributed by atoms with Crippen molar-refractivity contribution in [1.29, 1.82) is 0 Å². The normalized spacial score (nSPS) is 11.1. The molecule has 4 aromatic rings. The number of aliphatic hydroxyl groups excluding tert-OH is 1. The Hall–Kier alpha value is -2.83. The number of fused-ring (bicyclic) bond motifs is 1. The van der Waals surface area contributed by atoms with E-state index in [0.717, 1.165) is 26.5 Å². The van der Waals surface area contributed by atoms with Crippen LogP contribution in [0, 0.1) is 0 Å². The first-order chi connectivity index (χ1) is 12.3. The monoisotopic (exact) mass is 349 g/mol. The zero-order valence-corrected chi connectivity index (χ0v) is 14.1. The Bertz CT molecular complexity index is 1090. The molecule has 5 nitrogen and oxygen atoms in total. The smallest absolute Gasteiger partial charge is 0.274 e. The molecule has 6 heteroatoms. The van der Waals surface area contributed by atoms with Crippen molar-refractivity contribution in [2.45, 2.75) is 6.54 Å². The van der Waals surface area contributed by atoms with E-state index in [1.165, 1.54) is 4.68 Å². The Morgan fingerprint density at radius 1 is 0.960 bits per heavy atom. The van der Waals surface area contributed by atoms with Crippen LogP contribution in [0.5, 0.6) is 0 Å². The molecule has 0 saturated heterocycles. The molecule has 124 valence electrons. The summed E-state index contributed by atoms with van der Waals surface area (Å²) in [7, 11) is 0. The van der Waals surface area contributed by atoms with Gasteiger partial charge < -0.3 is 5.11 Å². The SMILES string of the molecule is O=c1c2ccccc2c(-c2ccc(-c3ccccn3)s2)nn1CCO. The highest BCUT2D eigenvalue weighted by Gasteiger charge is 2.14. The van der Waals surface area contributed by atoms with Crippen LogP contribution in [0.2, 0.25) is 0 Å². The number of nitrogens with zero attached hydrogens (tertiary/aromatic N) is 3. The van der Waals surface area contributed by atoms with Crippen LogP contribution in [0.4, 0.5) is 0 Å². The van der Waals surface area contributed by atoms with Gasteiger partial charge >= 0.3 is 0 Å². The Kier molecular flexibility index (Phi) is 4.13. The van der Waals surface area contributed by atoms with Crippen molar-refractivity contribution in [3.05, 3.63) is 71.1 Å². The van der Waals surface area contributed by atoms with Gasteiger partial charge in [-0.1, -0.05) is 24.3 Å². The molecule has 0 aliphatic rings. The van der Waals surface area contributed by atoms with Crippen molar-refractivity contribution < 1.29 is 5.11 Å². The predicted octanol–water partition coefficient (Wildman–Crippen LogP) is 3.18. The highest BCUT2D eigenvalue weighted by atomic mass is 32.1. The Labute approximate surface area is 147 Å². The number of hydrogen-bond donors (Lipinski definition) is 1. The Morgan fingerprint density at radius 3 is 2.48 bits per heavy atom. The largest absolute Gasteiger partial charge is 0.394 e. The lowest BCUT2D eigenvalue weighted by molar-refractivity contribution is 0.267. The zero-order chi connectivity index (χ0) is 17.2. The number of rotatable bonds is 4. The summed E-state index contributed by atoms with van der Waals surface area (Å²) in [4.78, 5) is 18.9. The van der Waals surface area contributed by atoms with Gasteiger partial charge in [-0.25, -0.2) is 4.68 Å². The number of thiophene rings is 1. The minimum absolute atomic E-state index is 0.131. The van der Waals surface area contributed by atoms with E-state index in [-0.39, 0.29) is 18.7 Å². The number of benzene rings is 1. The average Bonchev–Trinajstić information content (AvgIpc) is 3.15. The number of aliphatic hydroxyl groups is 1. The van der Waals surface area contributed by atoms with E-state index in [9.17, 15) is 9.90 Å². The summed E-state index contributed by atoms with van der Waals surface area (Å²) < 4.78 is 1.33. The molecule has 0 atom stereocenters. The standard InChI is InChI=1S/C19H15N3O2S/c23-12-11-22-19(24)14-6-2-1-5-13(14)18(21-22)17-9-8-16(25-17)15-7-3-4-10-20-15/h1-10,23H,11-12H2. The van der Waals surface area contributed by atoms with Crippen LogP contribution in [-0.4, -0.2) is 26.5 Å². The third-order valence-electron chi connectivity index (χ3n) is 3.94. The highest BCUT2D eigenvalue weighted by Crippen LogP contribution is 2.35. The molecular weight excluding hydrogens is 334 g/mol. The summed E-state index contributed by atoms with van der Waals surface area (Å²) in [5.41, 5.74) is 1.47. The number of pyridine rings is 1. The van der Waals surface area contributed by atoms with Crippen LogP contribution in [0.1, 0.15) is 0 Å². The number of aromatic nitrogens is 3. The summed E-state index contributed by atoms with van der Waals surface area (Å²) in [6.45, 7) is 0.0451. The molecule has 0 bridgehead atoms. The average molecular weight is 349 g/mol. The van der Waals surface area contributed by atoms with Gasteiger partial charge in [0.1, 0.15) is 5.69 Å². The summed E-state index contributed by atoms with van der Waals surface area (Å²) in [6, 6.07) is 17.3. The van der Waals surface area contributed by atoms with Crippen molar-refractivity contribution in [2.75, 3.05) is 6.61 Å². The van der Waals surface area contributed by atoms with E-state index >= 15 is 0 Å². The third kappa shape index (κ3) is 2.86. The third-order valence-corrected chi connectivity index (χ3v) is 5.05. The minimum Gasteiger partial charge on any atom is -0.394 e. The lowest BCUT2D eigenvalue weighted by Crippen LogP contribution is -2.25. The number of hydrogen-bond acceptors (Lipinski definition) is 5. The van der Waals surface area contributed by atoms with E-state index in [4.69, 9.17) is 0 Å². The highest BCUT2D eigenvalue weighted by molar-refractivity contribution is 7.18. The fourth-order valence-electron chi connectivity index (χ4n) is 2.77. The van der Waals surface area contributed by atoms with Crippen molar-refractivity contribution in [3.8, 4) is 21.1 Å². The molecule has 4 rings (SSSR count). The van der Waals surface area contributed by atoms with Crippen LogP contribution in [0.25, 0.3) is 31.9 Å². The minimum atomic E-state index is -0.185. The quantitative estimate of drug-likeness (QED) is 0.614. The van der Waals surface area contributed by atoms with Gasteiger partial charge in [-0.15, -0.1) is 11.3 Å². The first-order valence-electron chi connectivity index (χ1n) is 7.90. The van der Waals surface area contributed by atoms with Crippen LogP contribution < -0.4 is 5.56 Å². The van der Waals surface area contributed by atoms with Crippen molar-refractivity contribution in [1.82, 2.24) is 14.8 Å². The zero-order valence-electron chi connectivity index (χ0n) is 13.3. The molecule has 3 aromatic heterocycles. The molecule has 0 radical (unpaired) electrons. The maximum absolute atomic E-state index is 12.5. The molecule has 0 amide bonds. The summed E-state index contributed by atoms with van der Waals surface area (Å²) in [5, 5.41) is 15.1. The van der Waals surface area contributed by atoms with Crippen molar-refractivity contribution >= 4 is 22.1 Å². The lowest BCUT2D eigenvalue weighted by Gasteiger charge is -2.09.